The lowest BCUT2D eigenvalue weighted by atomic mass is 10.0. The number of hydrogen-bond donors (Lipinski definition) is 0. The highest BCUT2D eigenvalue weighted by Crippen LogP contribution is 2.15. The van der Waals surface area contributed by atoms with Crippen molar-refractivity contribution in [2.45, 2.75) is 19.3 Å². The van der Waals surface area contributed by atoms with Crippen molar-refractivity contribution < 1.29 is 9.47 Å². The van der Waals surface area contributed by atoms with E-state index in [0.717, 1.165) is 30.8 Å². The van der Waals surface area contributed by atoms with Crippen molar-refractivity contribution in [1.82, 2.24) is 0 Å². The lowest BCUT2D eigenvalue weighted by Gasteiger charge is -2.05. The molecule has 0 amide bonds. The standard InChI is InChI=1S/C17H20O2.C4H4S/c1-18-16-10-6-14(7-11-16)4-3-5-15-8-12-17(19-2)13-9-15;1-2-4-5-3-1/h6-13H,3-5H2,1-2H3;1-4H. The highest BCUT2D eigenvalue weighted by Gasteiger charge is 1.97. The van der Waals surface area contributed by atoms with Crippen LogP contribution in [0.1, 0.15) is 17.5 Å². The molecular weight excluding hydrogens is 316 g/mol. The van der Waals surface area contributed by atoms with E-state index in [1.807, 2.05) is 47.2 Å². The maximum absolute atomic E-state index is 5.15. The summed E-state index contributed by atoms with van der Waals surface area (Å²) in [4.78, 5) is 0. The van der Waals surface area contributed by atoms with E-state index in [9.17, 15) is 0 Å². The lowest BCUT2D eigenvalue weighted by molar-refractivity contribution is 0.414. The van der Waals surface area contributed by atoms with Gasteiger partial charge in [-0.3, -0.25) is 0 Å². The SMILES string of the molecule is COc1ccc(CCCc2ccc(OC)cc2)cc1.c1ccsc1. The topological polar surface area (TPSA) is 18.5 Å². The second kappa shape index (κ2) is 10.5. The number of rotatable bonds is 6. The number of methoxy groups -OCH3 is 2. The third kappa shape index (κ3) is 6.47. The quantitative estimate of drug-likeness (QED) is 0.579. The molecule has 3 rings (SSSR count). The summed E-state index contributed by atoms with van der Waals surface area (Å²) in [5.74, 6) is 1.83. The van der Waals surface area contributed by atoms with Crippen molar-refractivity contribution in [2.75, 3.05) is 14.2 Å². The summed E-state index contributed by atoms with van der Waals surface area (Å²) < 4.78 is 10.3. The molecule has 0 saturated carbocycles. The first-order valence-electron chi connectivity index (χ1n) is 8.05. The van der Waals surface area contributed by atoms with Crippen molar-refractivity contribution >= 4 is 11.3 Å². The first-order chi connectivity index (χ1) is 11.8. The van der Waals surface area contributed by atoms with Crippen LogP contribution in [0.25, 0.3) is 0 Å². The van der Waals surface area contributed by atoms with Crippen LogP contribution in [0.3, 0.4) is 0 Å². The number of thiophene rings is 1. The Kier molecular flexibility index (Phi) is 7.91. The van der Waals surface area contributed by atoms with E-state index in [4.69, 9.17) is 9.47 Å². The zero-order chi connectivity index (χ0) is 17.0. The molecule has 126 valence electrons. The van der Waals surface area contributed by atoms with Gasteiger partial charge in [-0.2, -0.15) is 11.3 Å². The van der Waals surface area contributed by atoms with Crippen LogP contribution in [-0.4, -0.2) is 14.2 Å². The predicted octanol–water partition coefficient (Wildman–Crippen LogP) is 5.63. The summed E-state index contributed by atoms with van der Waals surface area (Å²) in [6, 6.07) is 20.6. The van der Waals surface area contributed by atoms with Gasteiger partial charge >= 0.3 is 0 Å². The second-order valence-corrected chi connectivity index (χ2v) is 6.16. The smallest absolute Gasteiger partial charge is 0.118 e. The number of benzene rings is 2. The molecule has 1 heterocycles. The van der Waals surface area contributed by atoms with Gasteiger partial charge in [-0.25, -0.2) is 0 Å². The minimum Gasteiger partial charge on any atom is -0.497 e. The molecule has 0 spiro atoms. The molecule has 2 aromatic carbocycles. The van der Waals surface area contributed by atoms with Gasteiger partial charge < -0.3 is 9.47 Å². The second-order valence-electron chi connectivity index (χ2n) is 5.34. The minimum absolute atomic E-state index is 0.916. The molecule has 0 unspecified atom stereocenters. The van der Waals surface area contributed by atoms with Crippen molar-refractivity contribution in [3.05, 3.63) is 82.6 Å². The first-order valence-corrected chi connectivity index (χ1v) is 8.99. The molecule has 0 aliphatic heterocycles. The van der Waals surface area contributed by atoms with Gasteiger partial charge in [-0.05, 0) is 65.4 Å². The van der Waals surface area contributed by atoms with Gasteiger partial charge in [0.2, 0.25) is 0 Å². The van der Waals surface area contributed by atoms with E-state index in [-0.39, 0.29) is 0 Å². The minimum atomic E-state index is 0.916. The number of ether oxygens (including phenoxy) is 2. The molecule has 3 aromatic rings. The summed E-state index contributed by atoms with van der Waals surface area (Å²) in [5.41, 5.74) is 2.71. The Hall–Kier alpha value is -2.26. The Balaban J connectivity index is 0.000000355. The molecule has 3 heteroatoms. The lowest BCUT2D eigenvalue weighted by Crippen LogP contribution is -1.91. The normalized spacial score (nSPS) is 9.75. The highest BCUT2D eigenvalue weighted by molar-refractivity contribution is 7.07. The molecule has 2 nitrogen and oxygen atoms in total. The largest absolute Gasteiger partial charge is 0.497 e. The van der Waals surface area contributed by atoms with Gasteiger partial charge in [0.05, 0.1) is 14.2 Å². The Morgan fingerprint density at radius 3 is 1.38 bits per heavy atom. The monoisotopic (exact) mass is 340 g/mol. The van der Waals surface area contributed by atoms with E-state index in [1.54, 1.807) is 25.6 Å². The molecule has 0 radical (unpaired) electrons. The average molecular weight is 340 g/mol. The van der Waals surface area contributed by atoms with Crippen LogP contribution in [0.4, 0.5) is 0 Å². The summed E-state index contributed by atoms with van der Waals surface area (Å²) in [6.07, 6.45) is 3.34. The van der Waals surface area contributed by atoms with Gasteiger partial charge in [-0.1, -0.05) is 36.4 Å². The van der Waals surface area contributed by atoms with Crippen molar-refractivity contribution in [1.29, 1.82) is 0 Å². The van der Waals surface area contributed by atoms with Crippen molar-refractivity contribution in [2.24, 2.45) is 0 Å². The van der Waals surface area contributed by atoms with Gasteiger partial charge in [0, 0.05) is 0 Å². The van der Waals surface area contributed by atoms with Gasteiger partial charge in [-0.15, -0.1) is 0 Å². The van der Waals surface area contributed by atoms with Crippen LogP contribution in [-0.2, 0) is 12.8 Å². The Bertz CT molecular complexity index is 593. The Labute approximate surface area is 148 Å². The van der Waals surface area contributed by atoms with Crippen molar-refractivity contribution in [3.8, 4) is 11.5 Å². The van der Waals surface area contributed by atoms with Crippen LogP contribution >= 0.6 is 11.3 Å². The Morgan fingerprint density at radius 1 is 0.667 bits per heavy atom. The first kappa shape index (κ1) is 18.1. The van der Waals surface area contributed by atoms with Gasteiger partial charge in [0.25, 0.3) is 0 Å². The zero-order valence-electron chi connectivity index (χ0n) is 14.3. The maximum Gasteiger partial charge on any atom is 0.118 e. The molecule has 1 aromatic heterocycles. The van der Waals surface area contributed by atoms with Crippen molar-refractivity contribution in [3.63, 3.8) is 0 Å². The van der Waals surface area contributed by atoms with Gasteiger partial charge in [0.15, 0.2) is 0 Å². The third-order valence-electron chi connectivity index (χ3n) is 3.67. The highest BCUT2D eigenvalue weighted by atomic mass is 32.1. The molecule has 0 aliphatic rings. The van der Waals surface area contributed by atoms with Crippen LogP contribution in [0.2, 0.25) is 0 Å². The average Bonchev–Trinajstić information content (AvgIpc) is 3.23. The molecule has 0 saturated heterocycles. The molecule has 0 aliphatic carbocycles. The number of hydrogen-bond acceptors (Lipinski definition) is 3. The molecule has 0 N–H and O–H groups in total. The predicted molar refractivity (Wildman–Crippen MR) is 102 cm³/mol. The molecule has 0 bridgehead atoms. The summed E-state index contributed by atoms with van der Waals surface area (Å²) in [6.45, 7) is 0. The fourth-order valence-corrected chi connectivity index (χ4v) is 2.76. The third-order valence-corrected chi connectivity index (χ3v) is 4.30. The molecule has 0 atom stereocenters. The maximum atomic E-state index is 5.15. The Morgan fingerprint density at radius 2 is 1.08 bits per heavy atom. The fourth-order valence-electron chi connectivity index (χ4n) is 2.31. The summed E-state index contributed by atoms with van der Waals surface area (Å²) >= 11 is 1.71. The van der Waals surface area contributed by atoms with E-state index >= 15 is 0 Å². The van der Waals surface area contributed by atoms with Crippen LogP contribution in [0, 0.1) is 0 Å². The summed E-state index contributed by atoms with van der Waals surface area (Å²) in [5, 5.41) is 4.08. The van der Waals surface area contributed by atoms with E-state index < -0.39 is 0 Å². The van der Waals surface area contributed by atoms with Gasteiger partial charge in [0.1, 0.15) is 11.5 Å². The van der Waals surface area contributed by atoms with Crippen LogP contribution < -0.4 is 9.47 Å². The summed E-state index contributed by atoms with van der Waals surface area (Å²) in [7, 11) is 3.39. The van der Waals surface area contributed by atoms with Crippen LogP contribution in [0.5, 0.6) is 11.5 Å². The van der Waals surface area contributed by atoms with E-state index in [2.05, 4.69) is 24.3 Å². The van der Waals surface area contributed by atoms with E-state index in [1.165, 1.54) is 11.1 Å². The number of aryl methyl sites for hydroxylation is 2. The fraction of sp³-hybridized carbons (Fsp3) is 0.238. The van der Waals surface area contributed by atoms with E-state index in [0.29, 0.717) is 0 Å². The molecule has 0 fully saturated rings. The molecular formula is C21H24O2S. The molecule has 24 heavy (non-hydrogen) atoms. The van der Waals surface area contributed by atoms with Crippen LogP contribution in [0.15, 0.2) is 71.4 Å². The zero-order valence-corrected chi connectivity index (χ0v) is 15.1.